The molecular weight excluding hydrogens is 341 g/mol. The van der Waals surface area contributed by atoms with Gasteiger partial charge in [-0.1, -0.05) is 6.07 Å². The Morgan fingerprint density at radius 2 is 1.78 bits per heavy atom. The summed E-state index contributed by atoms with van der Waals surface area (Å²) in [5.74, 6) is -0.211. The Morgan fingerprint density at radius 3 is 2.44 bits per heavy atom. The van der Waals surface area contributed by atoms with Crippen molar-refractivity contribution in [1.29, 1.82) is 0 Å². The van der Waals surface area contributed by atoms with Gasteiger partial charge in [0.15, 0.2) is 17.7 Å². The lowest BCUT2D eigenvalue weighted by Gasteiger charge is -1.98. The first-order valence-electron chi connectivity index (χ1n) is 5.31. The van der Waals surface area contributed by atoms with Crippen LogP contribution in [0.15, 0.2) is 42.6 Å². The molecule has 0 radical (unpaired) electrons. The number of phenols is 2. The van der Waals surface area contributed by atoms with Crippen LogP contribution in [-0.4, -0.2) is 10.2 Å². The Balaban J connectivity index is 0.00000162. The highest BCUT2D eigenvalue weighted by molar-refractivity contribution is 5.68. The van der Waals surface area contributed by atoms with Gasteiger partial charge >= 0.3 is 0 Å². The van der Waals surface area contributed by atoms with Crippen LogP contribution in [0.25, 0.3) is 12.2 Å². The molecule has 3 nitrogen and oxygen atoms in total. The van der Waals surface area contributed by atoms with Crippen LogP contribution in [0.3, 0.4) is 0 Å². The highest BCUT2D eigenvalue weighted by atomic mass is 127. The minimum atomic E-state index is -0.107. The second-order valence-corrected chi connectivity index (χ2v) is 3.82. The monoisotopic (exact) mass is 355 g/mol. The number of halogens is 1. The molecule has 1 heterocycles. The molecule has 94 valence electrons. The molecule has 0 atom stereocenters. The average molecular weight is 355 g/mol. The van der Waals surface area contributed by atoms with Crippen LogP contribution in [0, 0.1) is 0 Å². The summed E-state index contributed by atoms with van der Waals surface area (Å²) in [6.07, 6.45) is 5.80. The highest BCUT2D eigenvalue weighted by Gasteiger charge is 2.00. The molecule has 0 amide bonds. The number of aryl methyl sites for hydroxylation is 1. The number of hydrogen-bond donors (Lipinski definition) is 2. The van der Waals surface area contributed by atoms with Crippen molar-refractivity contribution < 1.29 is 38.8 Å². The van der Waals surface area contributed by atoms with Gasteiger partial charge in [0.25, 0.3) is 0 Å². The van der Waals surface area contributed by atoms with Crippen molar-refractivity contribution in [3.05, 3.63) is 53.9 Å². The summed E-state index contributed by atoms with van der Waals surface area (Å²) >= 11 is 0. The first kappa shape index (κ1) is 14.5. The normalized spacial score (nSPS) is 10.3. The molecule has 2 aromatic rings. The van der Waals surface area contributed by atoms with Crippen molar-refractivity contribution in [2.45, 2.75) is 0 Å². The number of nitrogens with zero attached hydrogens (tertiary/aromatic N) is 1. The first-order chi connectivity index (χ1) is 8.16. The van der Waals surface area contributed by atoms with Crippen LogP contribution in [0.4, 0.5) is 0 Å². The molecule has 0 unspecified atom stereocenters. The van der Waals surface area contributed by atoms with Crippen LogP contribution in [0.5, 0.6) is 11.5 Å². The van der Waals surface area contributed by atoms with Crippen molar-refractivity contribution in [3.63, 3.8) is 0 Å². The fraction of sp³-hybridized carbons (Fsp3) is 0.0714. The molecular formula is C14H14INO2. The van der Waals surface area contributed by atoms with Crippen LogP contribution in [-0.2, 0) is 7.05 Å². The maximum atomic E-state index is 9.36. The van der Waals surface area contributed by atoms with Gasteiger partial charge in [-0.05, 0) is 29.8 Å². The van der Waals surface area contributed by atoms with Crippen molar-refractivity contribution in [2.75, 3.05) is 0 Å². The zero-order valence-corrected chi connectivity index (χ0v) is 12.1. The number of phenolic OH excluding ortho intramolecular Hbond substituents is 2. The summed E-state index contributed by atoms with van der Waals surface area (Å²) in [5, 5.41) is 18.6. The molecule has 0 spiro atoms. The fourth-order valence-electron chi connectivity index (χ4n) is 1.54. The maximum Gasteiger partial charge on any atom is 0.204 e. The Labute approximate surface area is 123 Å². The summed E-state index contributed by atoms with van der Waals surface area (Å²) in [4.78, 5) is 0. The molecule has 0 aliphatic rings. The van der Waals surface area contributed by atoms with Gasteiger partial charge in [0.1, 0.15) is 7.05 Å². The van der Waals surface area contributed by atoms with Crippen molar-refractivity contribution in [2.24, 2.45) is 7.05 Å². The molecule has 1 aromatic heterocycles. The SMILES string of the molecule is C[n+]1ccccc1C=Cc1ccc(O)c(O)c1.[I-]. The third kappa shape index (κ3) is 3.46. The summed E-state index contributed by atoms with van der Waals surface area (Å²) in [6, 6.07) is 10.7. The fourth-order valence-corrected chi connectivity index (χ4v) is 1.54. The van der Waals surface area contributed by atoms with Crippen molar-refractivity contribution in [1.82, 2.24) is 0 Å². The van der Waals surface area contributed by atoms with E-state index in [-0.39, 0.29) is 35.5 Å². The van der Waals surface area contributed by atoms with E-state index in [0.29, 0.717) is 0 Å². The maximum absolute atomic E-state index is 9.36. The van der Waals surface area contributed by atoms with Gasteiger partial charge < -0.3 is 34.2 Å². The van der Waals surface area contributed by atoms with Gasteiger partial charge in [0.05, 0.1) is 0 Å². The molecule has 2 rings (SSSR count). The molecule has 1 aromatic carbocycles. The number of aromatic hydroxyl groups is 2. The third-order valence-electron chi connectivity index (χ3n) is 2.54. The van der Waals surface area contributed by atoms with Gasteiger partial charge in [-0.25, -0.2) is 4.57 Å². The summed E-state index contributed by atoms with van der Waals surface area (Å²) in [5.41, 5.74) is 1.89. The van der Waals surface area contributed by atoms with Gasteiger partial charge in [0, 0.05) is 18.2 Å². The van der Waals surface area contributed by atoms with E-state index in [0.717, 1.165) is 11.3 Å². The number of rotatable bonds is 2. The number of aromatic nitrogens is 1. The Bertz CT molecular complexity index is 567. The lowest BCUT2D eigenvalue weighted by atomic mass is 10.1. The number of hydrogen-bond acceptors (Lipinski definition) is 2. The summed E-state index contributed by atoms with van der Waals surface area (Å²) in [6.45, 7) is 0. The van der Waals surface area contributed by atoms with Crippen molar-refractivity contribution in [3.8, 4) is 11.5 Å². The minimum Gasteiger partial charge on any atom is -1.00 e. The van der Waals surface area contributed by atoms with Crippen LogP contribution in [0.2, 0.25) is 0 Å². The Kier molecular flexibility index (Phi) is 5.15. The van der Waals surface area contributed by atoms with Gasteiger partial charge in [-0.15, -0.1) is 0 Å². The third-order valence-corrected chi connectivity index (χ3v) is 2.54. The molecule has 0 saturated carbocycles. The summed E-state index contributed by atoms with van der Waals surface area (Å²) in [7, 11) is 1.97. The lowest BCUT2D eigenvalue weighted by molar-refractivity contribution is -0.673. The second-order valence-electron chi connectivity index (χ2n) is 3.82. The Morgan fingerprint density at radius 1 is 1.00 bits per heavy atom. The quantitative estimate of drug-likeness (QED) is 0.417. The van der Waals surface area contributed by atoms with E-state index in [1.807, 2.05) is 48.2 Å². The number of pyridine rings is 1. The molecule has 0 bridgehead atoms. The van der Waals surface area contributed by atoms with E-state index in [2.05, 4.69) is 0 Å². The Hall–Kier alpha value is -1.56. The molecule has 0 aliphatic carbocycles. The van der Waals surface area contributed by atoms with E-state index >= 15 is 0 Å². The molecule has 0 fully saturated rings. The van der Waals surface area contributed by atoms with E-state index in [1.54, 1.807) is 6.07 Å². The lowest BCUT2D eigenvalue weighted by Crippen LogP contribution is -3.00. The largest absolute Gasteiger partial charge is 1.00 e. The highest BCUT2D eigenvalue weighted by Crippen LogP contribution is 2.25. The molecule has 18 heavy (non-hydrogen) atoms. The smallest absolute Gasteiger partial charge is 0.204 e. The number of benzene rings is 1. The molecule has 0 saturated heterocycles. The van der Waals surface area contributed by atoms with Crippen LogP contribution >= 0.6 is 0 Å². The van der Waals surface area contributed by atoms with E-state index < -0.39 is 0 Å². The second kappa shape index (κ2) is 6.39. The van der Waals surface area contributed by atoms with E-state index in [1.165, 1.54) is 12.1 Å². The summed E-state index contributed by atoms with van der Waals surface area (Å²) < 4.78 is 2.00. The first-order valence-corrected chi connectivity index (χ1v) is 5.31. The average Bonchev–Trinajstić information content (AvgIpc) is 2.32. The van der Waals surface area contributed by atoms with Crippen LogP contribution in [0.1, 0.15) is 11.3 Å². The van der Waals surface area contributed by atoms with Gasteiger partial charge in [-0.3, -0.25) is 0 Å². The topological polar surface area (TPSA) is 44.3 Å². The zero-order valence-electron chi connectivity index (χ0n) is 9.92. The predicted octanol–water partition coefficient (Wildman–Crippen LogP) is -0.903. The zero-order chi connectivity index (χ0) is 12.3. The minimum absolute atomic E-state index is 0. The van der Waals surface area contributed by atoms with Crippen molar-refractivity contribution >= 4 is 12.2 Å². The molecule has 0 aliphatic heterocycles. The van der Waals surface area contributed by atoms with Gasteiger partial charge in [0.2, 0.25) is 5.69 Å². The molecule has 4 heteroatoms. The van der Waals surface area contributed by atoms with Crippen LogP contribution < -0.4 is 28.5 Å². The standard InChI is InChI=1S/C14H13NO2.HI/c1-15-9-3-2-4-12(15)7-5-11-6-8-13(16)14(17)10-11;/h2-10,17H,1H3;1H. The van der Waals surface area contributed by atoms with Gasteiger partial charge in [-0.2, -0.15) is 0 Å². The molecule has 2 N–H and O–H groups in total. The van der Waals surface area contributed by atoms with E-state index in [4.69, 9.17) is 0 Å². The van der Waals surface area contributed by atoms with E-state index in [9.17, 15) is 10.2 Å². The predicted molar refractivity (Wildman–Crippen MR) is 66.3 cm³/mol.